The maximum atomic E-state index is 10.5. The molecule has 0 fully saturated rings. The number of carbonyl (C=O) groups is 1. The van der Waals surface area contributed by atoms with Gasteiger partial charge in [-0.05, 0) is 0 Å². The molecule has 0 saturated heterocycles. The van der Waals surface area contributed by atoms with E-state index in [1.54, 1.807) is 0 Å². The summed E-state index contributed by atoms with van der Waals surface area (Å²) in [5.74, 6) is -1.30. The molecule has 6 heteroatoms. The molecule has 0 radical (unpaired) electrons. The maximum absolute atomic E-state index is 10.5. The van der Waals surface area contributed by atoms with Gasteiger partial charge < -0.3 is 10.2 Å². The van der Waals surface area contributed by atoms with Crippen LogP contribution in [0.15, 0.2) is 0 Å². The zero-order chi connectivity index (χ0) is 8.85. The predicted octanol–water partition coefficient (Wildman–Crippen LogP) is 0.258. The Morgan fingerprint density at radius 1 is 1.55 bits per heavy atom. The highest BCUT2D eigenvalue weighted by Gasteiger charge is 2.16. The number of rotatable bonds is 5. The van der Waals surface area contributed by atoms with Gasteiger partial charge in [0.15, 0.2) is 6.16 Å². The van der Waals surface area contributed by atoms with E-state index in [2.05, 4.69) is 0 Å². The van der Waals surface area contributed by atoms with Crippen LogP contribution in [0, 0.1) is 5.41 Å². The molecule has 0 bridgehead atoms. The number of aliphatic hydroxyl groups is 1. The third-order valence-corrected chi connectivity index (χ3v) is 2.06. The molecule has 11 heavy (non-hydrogen) atoms. The van der Waals surface area contributed by atoms with Crippen molar-refractivity contribution in [2.24, 2.45) is 0 Å². The monoisotopic (exact) mass is 178 g/mol. The Hall–Kier alpha value is -0.800. The molecule has 0 rings (SSSR count). The van der Waals surface area contributed by atoms with E-state index in [0.717, 1.165) is 0 Å². The van der Waals surface area contributed by atoms with E-state index in [4.69, 9.17) is 15.6 Å². The molecule has 0 aliphatic carbocycles. The lowest BCUT2D eigenvalue weighted by Crippen LogP contribution is -2.11. The number of hydrogen-bond acceptors (Lipinski definition) is 4. The fourth-order valence-electron chi connectivity index (χ4n) is 0.414. The van der Waals surface area contributed by atoms with Crippen LogP contribution in [-0.4, -0.2) is 34.4 Å². The average Bonchev–Trinajstić information content (AvgIpc) is 1.99. The summed E-state index contributed by atoms with van der Waals surface area (Å²) in [6.45, 7) is 0. The van der Waals surface area contributed by atoms with Crippen molar-refractivity contribution in [1.29, 1.82) is 5.41 Å². The molecule has 0 amide bonds. The quantitative estimate of drug-likeness (QED) is 0.415. The van der Waals surface area contributed by atoms with Crippen LogP contribution in [0.4, 0.5) is 0 Å². The first-order valence-electron chi connectivity index (χ1n) is 2.91. The van der Waals surface area contributed by atoms with Gasteiger partial charge in [-0.3, -0.25) is 5.41 Å². The standard InChI is InChI=1S/C5H8NO4P/c6-4(5(8)9)1-2-11(10)3-7/h6-7H,1-3H2/p+1. The summed E-state index contributed by atoms with van der Waals surface area (Å²) in [5.41, 5.74) is -0.471. The minimum atomic E-state index is -1.73. The SMILES string of the molecule is N=C(CC[P+](=O)CO)C(=O)O. The van der Waals surface area contributed by atoms with Crippen LogP contribution >= 0.6 is 7.80 Å². The summed E-state index contributed by atoms with van der Waals surface area (Å²) in [5, 5.41) is 23.3. The minimum absolute atomic E-state index is 0.0505. The summed E-state index contributed by atoms with van der Waals surface area (Å²) in [4.78, 5) is 10.0. The lowest BCUT2D eigenvalue weighted by molar-refractivity contribution is -0.129. The van der Waals surface area contributed by atoms with Gasteiger partial charge in [-0.25, -0.2) is 4.79 Å². The smallest absolute Gasteiger partial charge is 0.367 e. The van der Waals surface area contributed by atoms with Gasteiger partial charge in [-0.15, -0.1) is 0 Å². The highest BCUT2D eigenvalue weighted by atomic mass is 31.1. The first-order valence-corrected chi connectivity index (χ1v) is 4.54. The molecular formula is C5H9NO4P+. The van der Waals surface area contributed by atoms with E-state index in [1.807, 2.05) is 0 Å². The van der Waals surface area contributed by atoms with Crippen LogP contribution in [0.5, 0.6) is 0 Å². The number of hydrogen-bond donors (Lipinski definition) is 3. The van der Waals surface area contributed by atoms with Crippen molar-refractivity contribution < 1.29 is 19.6 Å². The molecule has 0 aliphatic rings. The largest absolute Gasteiger partial charge is 0.477 e. The lowest BCUT2D eigenvalue weighted by atomic mass is 10.3. The molecule has 0 aromatic rings. The topological polar surface area (TPSA) is 98.5 Å². The van der Waals surface area contributed by atoms with Gasteiger partial charge in [0.25, 0.3) is 0 Å². The molecule has 5 nitrogen and oxygen atoms in total. The summed E-state index contributed by atoms with van der Waals surface area (Å²) in [7, 11) is -1.73. The third kappa shape index (κ3) is 4.58. The fraction of sp³-hybridized carbons (Fsp3) is 0.600. The summed E-state index contributed by atoms with van der Waals surface area (Å²) in [6.07, 6.45) is -0.426. The van der Waals surface area contributed by atoms with Gasteiger partial charge >= 0.3 is 13.8 Å². The fourth-order valence-corrected chi connectivity index (χ4v) is 1.03. The molecule has 1 atom stereocenters. The van der Waals surface area contributed by atoms with E-state index in [0.29, 0.717) is 0 Å². The highest BCUT2D eigenvalue weighted by molar-refractivity contribution is 7.44. The molecular weight excluding hydrogens is 169 g/mol. The second kappa shape index (κ2) is 4.93. The van der Waals surface area contributed by atoms with Gasteiger partial charge in [0.1, 0.15) is 5.71 Å². The van der Waals surface area contributed by atoms with Gasteiger partial charge in [-0.2, -0.15) is 0 Å². The van der Waals surface area contributed by atoms with Crippen LogP contribution in [0.3, 0.4) is 0 Å². The van der Waals surface area contributed by atoms with E-state index >= 15 is 0 Å². The van der Waals surface area contributed by atoms with Crippen molar-refractivity contribution in [3.63, 3.8) is 0 Å². The van der Waals surface area contributed by atoms with E-state index in [-0.39, 0.29) is 12.6 Å². The Bertz CT molecular complexity index is 191. The van der Waals surface area contributed by atoms with Gasteiger partial charge in [0.05, 0.1) is 0 Å². The predicted molar refractivity (Wildman–Crippen MR) is 39.5 cm³/mol. The van der Waals surface area contributed by atoms with Crippen molar-refractivity contribution in [3.05, 3.63) is 0 Å². The summed E-state index contributed by atoms with van der Waals surface area (Å²) >= 11 is 0. The van der Waals surface area contributed by atoms with Gasteiger partial charge in [0.2, 0.25) is 6.35 Å². The van der Waals surface area contributed by atoms with Gasteiger partial charge in [0, 0.05) is 6.42 Å². The molecule has 0 aromatic heterocycles. The third-order valence-electron chi connectivity index (χ3n) is 1.03. The number of carboxylic acids is 1. The van der Waals surface area contributed by atoms with Crippen LogP contribution in [0.2, 0.25) is 0 Å². The van der Waals surface area contributed by atoms with Crippen LogP contribution < -0.4 is 0 Å². The van der Waals surface area contributed by atoms with Crippen LogP contribution in [0.25, 0.3) is 0 Å². The Kier molecular flexibility index (Phi) is 4.57. The molecule has 0 aromatic carbocycles. The zero-order valence-electron chi connectivity index (χ0n) is 5.78. The van der Waals surface area contributed by atoms with Crippen molar-refractivity contribution in [2.75, 3.05) is 12.5 Å². The molecule has 0 aliphatic heterocycles. The van der Waals surface area contributed by atoms with Crippen LogP contribution in [0.1, 0.15) is 6.42 Å². The second-order valence-corrected chi connectivity index (χ2v) is 3.57. The highest BCUT2D eigenvalue weighted by Crippen LogP contribution is 2.18. The number of carboxylic acid groups (broad SMARTS) is 1. The first kappa shape index (κ1) is 10.2. The number of nitrogens with one attached hydrogen (secondary N) is 1. The normalized spacial score (nSPS) is 10.8. The van der Waals surface area contributed by atoms with E-state index < -0.39 is 25.8 Å². The molecule has 3 N–H and O–H groups in total. The molecule has 0 spiro atoms. The zero-order valence-corrected chi connectivity index (χ0v) is 6.67. The molecule has 0 heterocycles. The Morgan fingerprint density at radius 2 is 2.09 bits per heavy atom. The number of aliphatic hydroxyl groups excluding tert-OH is 1. The van der Waals surface area contributed by atoms with Crippen molar-refractivity contribution in [3.8, 4) is 0 Å². The molecule has 0 saturated carbocycles. The Balaban J connectivity index is 3.63. The first-order chi connectivity index (χ1) is 5.07. The van der Waals surface area contributed by atoms with Crippen LogP contribution in [-0.2, 0) is 9.36 Å². The van der Waals surface area contributed by atoms with Crippen molar-refractivity contribution in [1.82, 2.24) is 0 Å². The molecule has 62 valence electrons. The average molecular weight is 178 g/mol. The van der Waals surface area contributed by atoms with E-state index in [9.17, 15) is 9.36 Å². The van der Waals surface area contributed by atoms with Crippen molar-refractivity contribution in [2.45, 2.75) is 6.42 Å². The Morgan fingerprint density at radius 3 is 2.45 bits per heavy atom. The lowest BCUT2D eigenvalue weighted by Gasteiger charge is -1.89. The van der Waals surface area contributed by atoms with Gasteiger partial charge in [-0.1, -0.05) is 4.57 Å². The minimum Gasteiger partial charge on any atom is -0.477 e. The summed E-state index contributed by atoms with van der Waals surface area (Å²) in [6, 6.07) is 0. The van der Waals surface area contributed by atoms with E-state index in [1.165, 1.54) is 0 Å². The maximum Gasteiger partial charge on any atom is 0.367 e. The Labute approximate surface area is 64.3 Å². The molecule has 1 unspecified atom stereocenters. The number of aliphatic carboxylic acids is 1. The summed E-state index contributed by atoms with van der Waals surface area (Å²) < 4.78 is 10.5. The second-order valence-electron chi connectivity index (χ2n) is 1.88. The van der Waals surface area contributed by atoms with Crippen molar-refractivity contribution >= 4 is 19.5 Å².